The van der Waals surface area contributed by atoms with Gasteiger partial charge in [-0.25, -0.2) is 4.39 Å². The Hall–Kier alpha value is -1.13. The van der Waals surface area contributed by atoms with E-state index in [1.165, 1.54) is 12.1 Å². The second kappa shape index (κ2) is 4.80. The molecule has 1 N–H and O–H groups in total. The van der Waals surface area contributed by atoms with Crippen molar-refractivity contribution in [2.75, 3.05) is 5.32 Å². The molecular weight excluding hydrogens is 294 g/mol. The maximum absolute atomic E-state index is 12.8. The maximum Gasteiger partial charge on any atom is 0.124 e. The van der Waals surface area contributed by atoms with Crippen LogP contribution >= 0.6 is 27.5 Å². The van der Waals surface area contributed by atoms with E-state index < -0.39 is 0 Å². The second-order valence-electron chi connectivity index (χ2n) is 3.10. The van der Waals surface area contributed by atoms with E-state index >= 15 is 0 Å². The van der Waals surface area contributed by atoms with Crippen LogP contribution in [0.5, 0.6) is 0 Å². The summed E-state index contributed by atoms with van der Waals surface area (Å²) in [5, 5.41) is 3.42. The largest absolute Gasteiger partial charge is 0.353 e. The third kappa shape index (κ3) is 2.51. The first-order valence-corrected chi connectivity index (χ1v) is 5.65. The van der Waals surface area contributed by atoms with Crippen LogP contribution in [0.2, 0.25) is 5.02 Å². The number of halogens is 3. The van der Waals surface area contributed by atoms with Crippen LogP contribution in [0.3, 0.4) is 0 Å². The van der Waals surface area contributed by atoms with E-state index in [9.17, 15) is 4.39 Å². The molecule has 2 nitrogen and oxygen atoms in total. The molecule has 0 bridgehead atoms. The van der Waals surface area contributed by atoms with Crippen molar-refractivity contribution in [3.8, 4) is 0 Å². The van der Waals surface area contributed by atoms with Crippen LogP contribution in [-0.4, -0.2) is 4.98 Å². The fraction of sp³-hybridized carbons (Fsp3) is 0. The Bertz CT molecular complexity index is 519. The zero-order chi connectivity index (χ0) is 11.5. The Kier molecular flexibility index (Phi) is 3.41. The molecule has 0 aliphatic rings. The number of hydrogen-bond donors (Lipinski definition) is 1. The molecule has 16 heavy (non-hydrogen) atoms. The highest BCUT2D eigenvalue weighted by atomic mass is 79.9. The normalized spacial score (nSPS) is 10.2. The van der Waals surface area contributed by atoms with Crippen molar-refractivity contribution in [1.29, 1.82) is 0 Å². The molecule has 0 saturated heterocycles. The van der Waals surface area contributed by atoms with Crippen molar-refractivity contribution in [2.45, 2.75) is 0 Å². The summed E-state index contributed by atoms with van der Waals surface area (Å²) in [4.78, 5) is 3.94. The standard InChI is InChI=1S/C11H7BrClFN2/c12-8-6-15-4-3-10(8)16-11-2-1-7(14)5-9(11)13/h1-6H,(H,15,16). The Morgan fingerprint density at radius 1 is 1.25 bits per heavy atom. The Morgan fingerprint density at radius 3 is 2.75 bits per heavy atom. The minimum Gasteiger partial charge on any atom is -0.353 e. The zero-order valence-corrected chi connectivity index (χ0v) is 10.4. The van der Waals surface area contributed by atoms with Gasteiger partial charge in [-0.2, -0.15) is 0 Å². The first-order chi connectivity index (χ1) is 7.66. The van der Waals surface area contributed by atoms with Gasteiger partial charge in [0.15, 0.2) is 0 Å². The summed E-state index contributed by atoms with van der Waals surface area (Å²) in [7, 11) is 0. The number of aromatic nitrogens is 1. The molecular formula is C11H7BrClFN2. The van der Waals surface area contributed by atoms with Gasteiger partial charge in [-0.3, -0.25) is 4.98 Å². The van der Waals surface area contributed by atoms with Gasteiger partial charge in [0.2, 0.25) is 0 Å². The highest BCUT2D eigenvalue weighted by molar-refractivity contribution is 9.10. The summed E-state index contributed by atoms with van der Waals surface area (Å²) >= 11 is 9.25. The number of rotatable bonds is 2. The van der Waals surface area contributed by atoms with Crippen LogP contribution in [0.15, 0.2) is 41.1 Å². The van der Waals surface area contributed by atoms with E-state index in [2.05, 4.69) is 26.2 Å². The molecule has 0 spiro atoms. The number of nitrogens with one attached hydrogen (secondary N) is 1. The monoisotopic (exact) mass is 300 g/mol. The fourth-order valence-corrected chi connectivity index (χ4v) is 1.78. The molecule has 1 aromatic carbocycles. The molecule has 1 heterocycles. The molecule has 1 aromatic heterocycles. The predicted molar refractivity (Wildman–Crippen MR) is 66.6 cm³/mol. The summed E-state index contributed by atoms with van der Waals surface area (Å²) in [6, 6.07) is 6.00. The summed E-state index contributed by atoms with van der Waals surface area (Å²) in [6.45, 7) is 0. The quantitative estimate of drug-likeness (QED) is 0.890. The molecule has 0 aliphatic heterocycles. The highest BCUT2D eigenvalue weighted by Gasteiger charge is 2.04. The SMILES string of the molecule is Fc1ccc(Nc2ccncc2Br)c(Cl)c1. The van der Waals surface area contributed by atoms with Gasteiger partial charge in [0.05, 0.1) is 20.9 Å². The first-order valence-electron chi connectivity index (χ1n) is 4.48. The molecule has 0 radical (unpaired) electrons. The van der Waals surface area contributed by atoms with E-state index in [-0.39, 0.29) is 5.82 Å². The lowest BCUT2D eigenvalue weighted by molar-refractivity contribution is 0.628. The topological polar surface area (TPSA) is 24.9 Å². The average Bonchev–Trinajstić information content (AvgIpc) is 2.25. The predicted octanol–water partition coefficient (Wildman–Crippen LogP) is 4.38. The van der Waals surface area contributed by atoms with Crippen molar-refractivity contribution in [2.24, 2.45) is 0 Å². The smallest absolute Gasteiger partial charge is 0.124 e. The van der Waals surface area contributed by atoms with Gasteiger partial charge in [-0.15, -0.1) is 0 Å². The van der Waals surface area contributed by atoms with Gasteiger partial charge < -0.3 is 5.32 Å². The van der Waals surface area contributed by atoms with E-state index in [1.807, 2.05) is 0 Å². The van der Waals surface area contributed by atoms with Gasteiger partial charge in [0.25, 0.3) is 0 Å². The van der Waals surface area contributed by atoms with Crippen LogP contribution in [-0.2, 0) is 0 Å². The number of nitrogens with zero attached hydrogens (tertiary/aromatic N) is 1. The molecule has 0 unspecified atom stereocenters. The second-order valence-corrected chi connectivity index (χ2v) is 4.37. The van der Waals surface area contributed by atoms with Crippen LogP contribution < -0.4 is 5.32 Å². The van der Waals surface area contributed by atoms with E-state index in [0.717, 1.165) is 10.2 Å². The first kappa shape index (κ1) is 11.4. The fourth-order valence-electron chi connectivity index (χ4n) is 1.21. The lowest BCUT2D eigenvalue weighted by Gasteiger charge is -2.09. The Balaban J connectivity index is 2.31. The molecule has 5 heteroatoms. The summed E-state index contributed by atoms with van der Waals surface area (Å²) in [5.74, 6) is -0.357. The van der Waals surface area contributed by atoms with Crippen molar-refractivity contribution in [1.82, 2.24) is 4.98 Å². The lowest BCUT2D eigenvalue weighted by Crippen LogP contribution is -1.93. The molecule has 2 aromatic rings. The molecule has 2 rings (SSSR count). The summed E-state index contributed by atoms with van der Waals surface area (Å²) in [6.07, 6.45) is 3.32. The number of pyridine rings is 1. The maximum atomic E-state index is 12.8. The third-order valence-electron chi connectivity index (χ3n) is 1.97. The van der Waals surface area contributed by atoms with Crippen molar-refractivity contribution >= 4 is 38.9 Å². The zero-order valence-electron chi connectivity index (χ0n) is 8.05. The molecule has 0 saturated carbocycles. The highest BCUT2D eigenvalue weighted by Crippen LogP contribution is 2.29. The van der Waals surface area contributed by atoms with E-state index in [4.69, 9.17) is 11.6 Å². The van der Waals surface area contributed by atoms with Gasteiger partial charge in [-0.1, -0.05) is 11.6 Å². The molecule has 0 aliphatic carbocycles. The van der Waals surface area contributed by atoms with Gasteiger partial charge in [0, 0.05) is 12.4 Å². The van der Waals surface area contributed by atoms with Crippen molar-refractivity contribution < 1.29 is 4.39 Å². The van der Waals surface area contributed by atoms with Crippen molar-refractivity contribution in [3.05, 3.63) is 52.0 Å². The van der Waals surface area contributed by atoms with Crippen LogP contribution in [0.4, 0.5) is 15.8 Å². The van der Waals surface area contributed by atoms with Crippen LogP contribution in [0.1, 0.15) is 0 Å². The molecule has 0 atom stereocenters. The van der Waals surface area contributed by atoms with Crippen LogP contribution in [0, 0.1) is 5.82 Å². The lowest BCUT2D eigenvalue weighted by atomic mass is 10.3. The average molecular weight is 302 g/mol. The minimum absolute atomic E-state index is 0.337. The summed E-state index contributed by atoms with van der Waals surface area (Å²) < 4.78 is 13.6. The van der Waals surface area contributed by atoms with Gasteiger partial charge in [0.1, 0.15) is 5.82 Å². The molecule has 0 fully saturated rings. The molecule has 0 amide bonds. The summed E-state index contributed by atoms with van der Waals surface area (Å²) in [5.41, 5.74) is 1.47. The number of hydrogen-bond acceptors (Lipinski definition) is 2. The van der Waals surface area contributed by atoms with Crippen molar-refractivity contribution in [3.63, 3.8) is 0 Å². The third-order valence-corrected chi connectivity index (χ3v) is 2.92. The molecule has 82 valence electrons. The number of benzene rings is 1. The number of anilines is 2. The Labute approximate surface area is 106 Å². The van der Waals surface area contributed by atoms with E-state index in [1.54, 1.807) is 24.5 Å². The van der Waals surface area contributed by atoms with Crippen LogP contribution in [0.25, 0.3) is 0 Å². The minimum atomic E-state index is -0.357. The van der Waals surface area contributed by atoms with E-state index in [0.29, 0.717) is 10.7 Å². The van der Waals surface area contributed by atoms with Gasteiger partial charge >= 0.3 is 0 Å². The van der Waals surface area contributed by atoms with Gasteiger partial charge in [-0.05, 0) is 40.2 Å². The Morgan fingerprint density at radius 2 is 2.06 bits per heavy atom.